The fourth-order valence-corrected chi connectivity index (χ4v) is 11.6. The Morgan fingerprint density at radius 3 is 1.78 bits per heavy atom. The van der Waals surface area contributed by atoms with Crippen LogP contribution in [0.4, 0.5) is 18.0 Å². The number of rotatable bonds is 9. The van der Waals surface area contributed by atoms with Crippen LogP contribution in [0.2, 0.25) is 5.04 Å². The molecule has 1 aliphatic heterocycles. The van der Waals surface area contributed by atoms with Gasteiger partial charge in [-0.2, -0.15) is 13.2 Å². The van der Waals surface area contributed by atoms with Crippen molar-refractivity contribution in [2.45, 2.75) is 95.9 Å². The van der Waals surface area contributed by atoms with E-state index in [1.165, 1.54) is 22.5 Å². The SMILES string of the molecule is CC(C)(C)OC(=O)N1CC[C@@H](O[Si](c2ccccc2)(c2ccccc2)C(C)(C)C)C[C@H]1C[C@@H](Oc1ccc(C(F)(F)F)cc1)c1ccccc1. The third-order valence-corrected chi connectivity index (χ3v) is 14.3. The van der Waals surface area contributed by atoms with Gasteiger partial charge in [-0.15, -0.1) is 0 Å². The molecule has 0 N–H and O–H groups in total. The summed E-state index contributed by atoms with van der Waals surface area (Å²) in [4.78, 5) is 15.5. The maximum Gasteiger partial charge on any atom is 0.416 e. The van der Waals surface area contributed by atoms with Crippen molar-refractivity contribution in [3.63, 3.8) is 0 Å². The zero-order chi connectivity index (χ0) is 36.2. The summed E-state index contributed by atoms with van der Waals surface area (Å²) in [5.41, 5.74) is -0.584. The summed E-state index contributed by atoms with van der Waals surface area (Å²) in [5.74, 6) is 0.312. The second-order valence-corrected chi connectivity index (χ2v) is 19.3. The summed E-state index contributed by atoms with van der Waals surface area (Å²) >= 11 is 0. The van der Waals surface area contributed by atoms with Gasteiger partial charge in [-0.3, -0.25) is 0 Å². The van der Waals surface area contributed by atoms with Crippen molar-refractivity contribution in [1.29, 1.82) is 0 Å². The number of ether oxygens (including phenoxy) is 2. The molecule has 1 aliphatic rings. The molecule has 1 fully saturated rings. The molecule has 4 aromatic carbocycles. The predicted molar refractivity (Wildman–Crippen MR) is 194 cm³/mol. The highest BCUT2D eigenvalue weighted by Gasteiger charge is 2.52. The van der Waals surface area contributed by atoms with Crippen LogP contribution in [0, 0.1) is 0 Å². The Hall–Kier alpha value is -4.08. The molecule has 0 aliphatic carbocycles. The summed E-state index contributed by atoms with van der Waals surface area (Å²) in [6.45, 7) is 12.7. The summed E-state index contributed by atoms with van der Waals surface area (Å²) in [5, 5.41) is 2.13. The van der Waals surface area contributed by atoms with Crippen LogP contribution in [-0.2, 0) is 15.3 Å². The number of benzene rings is 4. The van der Waals surface area contributed by atoms with E-state index in [1.807, 2.05) is 63.2 Å². The number of nitrogens with zero attached hydrogens (tertiary/aromatic N) is 1. The van der Waals surface area contributed by atoms with Crippen LogP contribution in [0.15, 0.2) is 115 Å². The fraction of sp³-hybridized carbons (Fsp3) is 0.390. The van der Waals surface area contributed by atoms with E-state index in [0.29, 0.717) is 31.6 Å². The third kappa shape index (κ3) is 8.79. The van der Waals surface area contributed by atoms with Crippen molar-refractivity contribution in [2.75, 3.05) is 6.54 Å². The molecule has 0 aromatic heterocycles. The van der Waals surface area contributed by atoms with Gasteiger partial charge in [0.25, 0.3) is 8.32 Å². The summed E-state index contributed by atoms with van der Waals surface area (Å²) in [6, 6.07) is 34.9. The van der Waals surface area contributed by atoms with Gasteiger partial charge in [0.1, 0.15) is 17.5 Å². The van der Waals surface area contributed by atoms with Gasteiger partial charge >= 0.3 is 12.3 Å². The topological polar surface area (TPSA) is 48.0 Å². The van der Waals surface area contributed by atoms with E-state index < -0.39 is 37.9 Å². The number of piperidine rings is 1. The highest BCUT2D eigenvalue weighted by molar-refractivity contribution is 6.99. The quantitative estimate of drug-likeness (QED) is 0.163. The van der Waals surface area contributed by atoms with Crippen LogP contribution in [0.25, 0.3) is 0 Å². The predicted octanol–water partition coefficient (Wildman–Crippen LogP) is 9.56. The number of halogens is 3. The molecule has 1 amide bonds. The molecule has 266 valence electrons. The Labute approximate surface area is 295 Å². The van der Waals surface area contributed by atoms with Crippen LogP contribution in [0.1, 0.15) is 78.0 Å². The maximum atomic E-state index is 13.8. The van der Waals surface area contributed by atoms with Gasteiger partial charge in [-0.05, 0) is 78.9 Å². The number of amides is 1. The van der Waals surface area contributed by atoms with Crippen LogP contribution < -0.4 is 15.1 Å². The van der Waals surface area contributed by atoms with E-state index in [2.05, 4.69) is 69.3 Å². The molecule has 4 aromatic rings. The number of hydrogen-bond acceptors (Lipinski definition) is 4. The molecule has 0 spiro atoms. The first-order valence-electron chi connectivity index (χ1n) is 17.2. The molecule has 1 heterocycles. The largest absolute Gasteiger partial charge is 0.486 e. The van der Waals surface area contributed by atoms with Gasteiger partial charge in [0.05, 0.1) is 5.56 Å². The lowest BCUT2D eigenvalue weighted by Gasteiger charge is -2.48. The van der Waals surface area contributed by atoms with Crippen LogP contribution in [0.3, 0.4) is 0 Å². The molecule has 0 unspecified atom stereocenters. The first-order valence-corrected chi connectivity index (χ1v) is 19.1. The second kappa shape index (κ2) is 15.0. The van der Waals surface area contributed by atoms with Gasteiger partial charge in [-0.25, -0.2) is 4.79 Å². The molecule has 3 atom stereocenters. The van der Waals surface area contributed by atoms with Crippen molar-refractivity contribution in [3.05, 3.63) is 126 Å². The zero-order valence-corrected chi connectivity index (χ0v) is 30.7. The molecule has 5 rings (SSSR count). The van der Waals surface area contributed by atoms with E-state index >= 15 is 0 Å². The highest BCUT2D eigenvalue weighted by Crippen LogP contribution is 2.41. The Kier molecular flexibility index (Phi) is 11.2. The molecule has 5 nitrogen and oxygen atoms in total. The lowest BCUT2D eigenvalue weighted by molar-refractivity contribution is -0.137. The minimum absolute atomic E-state index is 0.188. The Morgan fingerprint density at radius 2 is 1.30 bits per heavy atom. The lowest BCUT2D eigenvalue weighted by atomic mass is 9.92. The first-order chi connectivity index (χ1) is 23.6. The molecule has 50 heavy (non-hydrogen) atoms. The van der Waals surface area contributed by atoms with Crippen molar-refractivity contribution in [2.24, 2.45) is 0 Å². The average Bonchev–Trinajstić information content (AvgIpc) is 3.06. The molecule has 0 saturated carbocycles. The van der Waals surface area contributed by atoms with Gasteiger partial charge in [0.2, 0.25) is 0 Å². The lowest BCUT2D eigenvalue weighted by Crippen LogP contribution is -2.68. The smallest absolute Gasteiger partial charge is 0.416 e. The molecule has 1 saturated heterocycles. The molecule has 0 bridgehead atoms. The van der Waals surface area contributed by atoms with E-state index in [9.17, 15) is 18.0 Å². The number of likely N-dealkylation sites (tertiary alicyclic amines) is 1. The van der Waals surface area contributed by atoms with Crippen molar-refractivity contribution < 1.29 is 31.9 Å². The summed E-state index contributed by atoms with van der Waals surface area (Å²) in [6.07, 6.45) is -4.08. The van der Waals surface area contributed by atoms with E-state index in [4.69, 9.17) is 13.9 Å². The summed E-state index contributed by atoms with van der Waals surface area (Å²) in [7, 11) is -2.90. The van der Waals surface area contributed by atoms with E-state index in [-0.39, 0.29) is 17.2 Å². The van der Waals surface area contributed by atoms with Gasteiger partial charge in [0, 0.05) is 25.1 Å². The Balaban J connectivity index is 1.52. The molecular formula is C41H48F3NO4Si. The van der Waals surface area contributed by atoms with Gasteiger partial charge < -0.3 is 18.8 Å². The van der Waals surface area contributed by atoms with Crippen molar-refractivity contribution in [3.8, 4) is 5.75 Å². The normalized spacial score (nSPS) is 18.0. The number of hydrogen-bond donors (Lipinski definition) is 0. The Morgan fingerprint density at radius 1 is 0.780 bits per heavy atom. The third-order valence-electron chi connectivity index (χ3n) is 9.17. The van der Waals surface area contributed by atoms with Crippen molar-refractivity contribution >= 4 is 24.8 Å². The Bertz CT molecular complexity index is 1630. The monoisotopic (exact) mass is 703 g/mol. The minimum Gasteiger partial charge on any atom is -0.486 e. The summed E-state index contributed by atoms with van der Waals surface area (Å²) < 4.78 is 59.9. The van der Waals surface area contributed by atoms with Gasteiger partial charge in [0.15, 0.2) is 0 Å². The average molecular weight is 704 g/mol. The van der Waals surface area contributed by atoms with E-state index in [0.717, 1.165) is 17.7 Å². The zero-order valence-electron chi connectivity index (χ0n) is 29.7. The highest BCUT2D eigenvalue weighted by atomic mass is 28.4. The second-order valence-electron chi connectivity index (χ2n) is 15.0. The maximum absolute atomic E-state index is 13.8. The first kappa shape index (κ1) is 37.2. The van der Waals surface area contributed by atoms with Crippen LogP contribution in [0.5, 0.6) is 5.75 Å². The van der Waals surface area contributed by atoms with E-state index in [1.54, 1.807) is 4.90 Å². The molecule has 9 heteroatoms. The van der Waals surface area contributed by atoms with Crippen LogP contribution >= 0.6 is 0 Å². The molecular weight excluding hydrogens is 656 g/mol. The minimum atomic E-state index is -4.45. The number of alkyl halides is 3. The van der Waals surface area contributed by atoms with Gasteiger partial charge in [-0.1, -0.05) is 112 Å². The standard InChI is InChI=1S/C41H48F3NO4Si/c1-39(2,3)48-38(46)45-27-26-34(49-50(40(4,5)6,35-18-12-8-13-19-35)36-20-14-9-15-21-36)28-32(45)29-37(30-16-10-7-11-17-30)47-33-24-22-31(23-25-33)41(42,43)44/h7-25,32,34,37H,26-29H2,1-6H3/t32-,34+,37+/m0/s1. The molecule has 0 radical (unpaired) electrons. The number of carbonyl (C=O) groups excluding carboxylic acids is 1. The fourth-order valence-electron chi connectivity index (χ4n) is 6.90. The number of carbonyl (C=O) groups is 1. The van der Waals surface area contributed by atoms with Crippen molar-refractivity contribution in [1.82, 2.24) is 4.90 Å². The van der Waals surface area contributed by atoms with Crippen LogP contribution in [-0.4, -0.2) is 43.6 Å².